The van der Waals surface area contributed by atoms with Gasteiger partial charge >= 0.3 is 0 Å². The summed E-state index contributed by atoms with van der Waals surface area (Å²) in [5, 5.41) is 0. The first-order chi connectivity index (χ1) is 9.58. The molecular formula is C17H27NO2. The molecule has 1 aromatic rings. The van der Waals surface area contributed by atoms with E-state index in [1.165, 1.54) is 23.1 Å². The lowest BCUT2D eigenvalue weighted by molar-refractivity contribution is -0.0332. The molecule has 2 N–H and O–H groups in total. The standard InChI is InChI=1S/C17H27NO2/c1-12-7-13(2)9-14(8-12)17(18)11-20-16-6-4-5-15(10-16)19-3/h7-9,15-17H,4-6,10-11,18H2,1-3H3. The van der Waals surface area contributed by atoms with Crippen molar-refractivity contribution in [1.29, 1.82) is 0 Å². The third-order valence-corrected chi connectivity index (χ3v) is 4.09. The van der Waals surface area contributed by atoms with Gasteiger partial charge in [0, 0.05) is 7.11 Å². The molecule has 0 bridgehead atoms. The Hall–Kier alpha value is -0.900. The summed E-state index contributed by atoms with van der Waals surface area (Å²) in [5.41, 5.74) is 9.94. The Balaban J connectivity index is 1.86. The molecule has 0 heterocycles. The van der Waals surface area contributed by atoms with E-state index in [1.807, 2.05) is 0 Å². The minimum absolute atomic E-state index is 0.0449. The van der Waals surface area contributed by atoms with E-state index in [2.05, 4.69) is 32.0 Å². The van der Waals surface area contributed by atoms with Crippen LogP contribution in [0.3, 0.4) is 0 Å². The van der Waals surface area contributed by atoms with Crippen molar-refractivity contribution in [3.8, 4) is 0 Å². The molecule has 112 valence electrons. The second-order valence-electron chi connectivity index (χ2n) is 6.01. The summed E-state index contributed by atoms with van der Waals surface area (Å²) in [6, 6.07) is 6.43. The molecule has 0 spiro atoms. The van der Waals surface area contributed by atoms with E-state index in [-0.39, 0.29) is 6.04 Å². The van der Waals surface area contributed by atoms with E-state index in [9.17, 15) is 0 Å². The van der Waals surface area contributed by atoms with Gasteiger partial charge in [-0.2, -0.15) is 0 Å². The molecule has 1 fully saturated rings. The first kappa shape index (κ1) is 15.5. The molecule has 1 saturated carbocycles. The number of benzene rings is 1. The highest BCUT2D eigenvalue weighted by Gasteiger charge is 2.22. The smallest absolute Gasteiger partial charge is 0.0663 e. The first-order valence-electron chi connectivity index (χ1n) is 7.56. The number of rotatable bonds is 5. The van der Waals surface area contributed by atoms with Crippen molar-refractivity contribution in [2.75, 3.05) is 13.7 Å². The van der Waals surface area contributed by atoms with Crippen LogP contribution in [0, 0.1) is 13.8 Å². The van der Waals surface area contributed by atoms with Crippen LogP contribution in [0.1, 0.15) is 48.4 Å². The molecule has 1 aliphatic carbocycles. The Morgan fingerprint density at radius 1 is 1.15 bits per heavy atom. The summed E-state index contributed by atoms with van der Waals surface area (Å²) < 4.78 is 11.4. The van der Waals surface area contributed by atoms with Gasteiger partial charge in [0.2, 0.25) is 0 Å². The highest BCUT2D eigenvalue weighted by molar-refractivity contribution is 5.30. The summed E-state index contributed by atoms with van der Waals surface area (Å²) in [6.45, 7) is 4.80. The van der Waals surface area contributed by atoms with Crippen molar-refractivity contribution in [3.63, 3.8) is 0 Å². The van der Waals surface area contributed by atoms with Crippen molar-refractivity contribution in [2.45, 2.75) is 57.8 Å². The fraction of sp³-hybridized carbons (Fsp3) is 0.647. The lowest BCUT2D eigenvalue weighted by Crippen LogP contribution is -2.30. The Kier molecular flexibility index (Phi) is 5.58. The average Bonchev–Trinajstić information content (AvgIpc) is 2.44. The maximum Gasteiger partial charge on any atom is 0.0663 e. The van der Waals surface area contributed by atoms with Gasteiger partial charge in [0.15, 0.2) is 0 Å². The molecule has 2 rings (SSSR count). The molecule has 0 aliphatic heterocycles. The quantitative estimate of drug-likeness (QED) is 0.898. The largest absolute Gasteiger partial charge is 0.381 e. The topological polar surface area (TPSA) is 44.5 Å². The maximum absolute atomic E-state index is 6.26. The lowest BCUT2D eigenvalue weighted by Gasteiger charge is -2.29. The van der Waals surface area contributed by atoms with Gasteiger partial charge in [-0.15, -0.1) is 0 Å². The summed E-state index contributed by atoms with van der Waals surface area (Å²) >= 11 is 0. The van der Waals surface area contributed by atoms with Crippen LogP contribution in [0.4, 0.5) is 0 Å². The number of aryl methyl sites for hydroxylation is 2. The number of hydrogen-bond acceptors (Lipinski definition) is 3. The minimum atomic E-state index is -0.0449. The molecule has 1 aromatic carbocycles. The van der Waals surface area contributed by atoms with Gasteiger partial charge in [-0.3, -0.25) is 0 Å². The lowest BCUT2D eigenvalue weighted by atomic mass is 9.95. The highest BCUT2D eigenvalue weighted by atomic mass is 16.5. The monoisotopic (exact) mass is 277 g/mol. The SMILES string of the molecule is COC1CCCC(OCC(N)c2cc(C)cc(C)c2)C1. The third-order valence-electron chi connectivity index (χ3n) is 4.09. The zero-order valence-electron chi connectivity index (χ0n) is 12.9. The van der Waals surface area contributed by atoms with Crippen LogP contribution in [-0.2, 0) is 9.47 Å². The molecule has 3 unspecified atom stereocenters. The van der Waals surface area contributed by atoms with E-state index in [1.54, 1.807) is 7.11 Å². The van der Waals surface area contributed by atoms with Crippen LogP contribution < -0.4 is 5.73 Å². The minimum Gasteiger partial charge on any atom is -0.381 e. The van der Waals surface area contributed by atoms with Crippen LogP contribution >= 0.6 is 0 Å². The molecule has 0 aromatic heterocycles. The number of methoxy groups -OCH3 is 1. The average molecular weight is 277 g/mol. The van der Waals surface area contributed by atoms with Crippen molar-refractivity contribution in [1.82, 2.24) is 0 Å². The van der Waals surface area contributed by atoms with Crippen molar-refractivity contribution in [2.24, 2.45) is 5.73 Å². The molecule has 0 saturated heterocycles. The first-order valence-corrected chi connectivity index (χ1v) is 7.56. The van der Waals surface area contributed by atoms with Gasteiger partial charge in [0.1, 0.15) is 0 Å². The van der Waals surface area contributed by atoms with E-state index in [0.717, 1.165) is 19.3 Å². The molecule has 1 aliphatic rings. The molecule has 0 amide bonds. The van der Waals surface area contributed by atoms with Crippen LogP contribution in [0.15, 0.2) is 18.2 Å². The summed E-state index contributed by atoms with van der Waals surface area (Å²) in [6.07, 6.45) is 5.11. The third kappa shape index (κ3) is 4.30. The van der Waals surface area contributed by atoms with Gasteiger partial charge in [0.25, 0.3) is 0 Å². The van der Waals surface area contributed by atoms with E-state index >= 15 is 0 Å². The Bertz CT molecular complexity index is 413. The summed E-state index contributed by atoms with van der Waals surface area (Å²) in [7, 11) is 1.79. The van der Waals surface area contributed by atoms with Gasteiger partial charge in [-0.25, -0.2) is 0 Å². The van der Waals surface area contributed by atoms with Gasteiger partial charge < -0.3 is 15.2 Å². The van der Waals surface area contributed by atoms with Crippen LogP contribution in [0.2, 0.25) is 0 Å². The van der Waals surface area contributed by atoms with E-state index in [0.29, 0.717) is 18.8 Å². The second-order valence-corrected chi connectivity index (χ2v) is 6.01. The number of hydrogen-bond donors (Lipinski definition) is 1. The normalized spacial score (nSPS) is 24.6. The summed E-state index contributed by atoms with van der Waals surface area (Å²) in [4.78, 5) is 0. The van der Waals surface area contributed by atoms with Crippen molar-refractivity contribution < 1.29 is 9.47 Å². The molecule has 3 nitrogen and oxygen atoms in total. The van der Waals surface area contributed by atoms with Gasteiger partial charge in [-0.05, 0) is 45.1 Å². The van der Waals surface area contributed by atoms with Crippen molar-refractivity contribution in [3.05, 3.63) is 34.9 Å². The van der Waals surface area contributed by atoms with Gasteiger partial charge in [-0.1, -0.05) is 29.3 Å². The molecule has 0 radical (unpaired) electrons. The number of ether oxygens (including phenoxy) is 2. The molecule has 3 heteroatoms. The molecular weight excluding hydrogens is 250 g/mol. The fourth-order valence-electron chi connectivity index (χ4n) is 3.03. The Morgan fingerprint density at radius 2 is 1.80 bits per heavy atom. The Morgan fingerprint density at radius 3 is 2.45 bits per heavy atom. The molecule has 3 atom stereocenters. The summed E-state index contributed by atoms with van der Waals surface area (Å²) in [5.74, 6) is 0. The number of nitrogens with two attached hydrogens (primary N) is 1. The zero-order valence-corrected chi connectivity index (χ0v) is 12.9. The van der Waals surface area contributed by atoms with Crippen molar-refractivity contribution >= 4 is 0 Å². The predicted molar refractivity (Wildman–Crippen MR) is 81.8 cm³/mol. The van der Waals surface area contributed by atoms with E-state index in [4.69, 9.17) is 15.2 Å². The second kappa shape index (κ2) is 7.21. The Labute approximate surface area is 122 Å². The maximum atomic E-state index is 6.26. The zero-order chi connectivity index (χ0) is 14.5. The van der Waals surface area contributed by atoms with Crippen LogP contribution in [-0.4, -0.2) is 25.9 Å². The molecule has 20 heavy (non-hydrogen) atoms. The van der Waals surface area contributed by atoms with Crippen LogP contribution in [0.5, 0.6) is 0 Å². The van der Waals surface area contributed by atoms with E-state index < -0.39 is 0 Å². The highest BCUT2D eigenvalue weighted by Crippen LogP contribution is 2.24. The van der Waals surface area contributed by atoms with Crippen LogP contribution in [0.25, 0.3) is 0 Å². The van der Waals surface area contributed by atoms with Gasteiger partial charge in [0.05, 0.1) is 24.9 Å². The fourth-order valence-corrected chi connectivity index (χ4v) is 3.03. The predicted octanol–water partition coefficient (Wildman–Crippen LogP) is 3.28.